The molecule has 2 aromatic rings. The Labute approximate surface area is 160 Å². The Kier molecular flexibility index (Phi) is 4.68. The van der Waals surface area contributed by atoms with Gasteiger partial charge >= 0.3 is 0 Å². The van der Waals surface area contributed by atoms with Gasteiger partial charge in [-0.2, -0.15) is 0 Å². The number of likely N-dealkylation sites (tertiary alicyclic amines) is 1. The summed E-state index contributed by atoms with van der Waals surface area (Å²) in [5.74, 6) is 2.23. The maximum Gasteiger partial charge on any atom is 0.257 e. The largest absolute Gasteiger partial charge is 0.489 e. The topological polar surface area (TPSA) is 56.7 Å². The lowest BCUT2D eigenvalue weighted by molar-refractivity contribution is 0.119. The van der Waals surface area contributed by atoms with Gasteiger partial charge in [0.05, 0.1) is 11.2 Å². The number of aryl methyl sites for hydroxylation is 2. The standard InChI is InChI=1S/C21H27N3O3/c1-14-11-17(12-15(2)22-14)27-16-7-8-24(13-16)21(3,4)19-6-5-18-20(23-19)26-10-9-25-18/h5-6,11-12,16H,7-10,13H2,1-4H3/t16-/m1/s1. The summed E-state index contributed by atoms with van der Waals surface area (Å²) < 4.78 is 17.5. The third kappa shape index (κ3) is 3.72. The first-order valence-corrected chi connectivity index (χ1v) is 9.56. The third-order valence-corrected chi connectivity index (χ3v) is 5.33. The predicted molar refractivity (Wildman–Crippen MR) is 103 cm³/mol. The molecule has 0 bridgehead atoms. The van der Waals surface area contributed by atoms with Gasteiger partial charge in [0.25, 0.3) is 5.88 Å². The number of rotatable bonds is 4. The molecular weight excluding hydrogens is 342 g/mol. The maximum absolute atomic E-state index is 6.24. The molecule has 1 fully saturated rings. The van der Waals surface area contributed by atoms with Gasteiger partial charge < -0.3 is 14.2 Å². The van der Waals surface area contributed by atoms with E-state index in [2.05, 4.69) is 23.7 Å². The second-order valence-electron chi connectivity index (χ2n) is 7.82. The second-order valence-corrected chi connectivity index (χ2v) is 7.82. The molecule has 0 aromatic carbocycles. The normalized spacial score (nSPS) is 19.9. The van der Waals surface area contributed by atoms with E-state index in [1.54, 1.807) is 0 Å². The molecule has 2 aromatic heterocycles. The van der Waals surface area contributed by atoms with Crippen LogP contribution in [-0.4, -0.2) is 47.3 Å². The summed E-state index contributed by atoms with van der Waals surface area (Å²) in [6.45, 7) is 11.4. The van der Waals surface area contributed by atoms with Gasteiger partial charge in [-0.25, -0.2) is 4.98 Å². The minimum atomic E-state index is -0.210. The Morgan fingerprint density at radius 2 is 1.81 bits per heavy atom. The fourth-order valence-electron chi connectivity index (χ4n) is 3.82. The summed E-state index contributed by atoms with van der Waals surface area (Å²) in [5.41, 5.74) is 2.75. The summed E-state index contributed by atoms with van der Waals surface area (Å²) in [4.78, 5) is 11.6. The first kappa shape index (κ1) is 18.0. The monoisotopic (exact) mass is 369 g/mol. The summed E-state index contributed by atoms with van der Waals surface area (Å²) >= 11 is 0. The van der Waals surface area contributed by atoms with Crippen LogP contribution < -0.4 is 14.2 Å². The first-order chi connectivity index (χ1) is 12.9. The van der Waals surface area contributed by atoms with E-state index in [1.807, 2.05) is 38.1 Å². The van der Waals surface area contributed by atoms with E-state index < -0.39 is 0 Å². The molecule has 0 aliphatic carbocycles. The summed E-state index contributed by atoms with van der Waals surface area (Å²) in [6, 6.07) is 8.01. The van der Waals surface area contributed by atoms with Crippen molar-refractivity contribution in [3.63, 3.8) is 0 Å². The van der Waals surface area contributed by atoms with Crippen LogP contribution in [0.2, 0.25) is 0 Å². The zero-order chi connectivity index (χ0) is 19.0. The lowest BCUT2D eigenvalue weighted by Gasteiger charge is -2.35. The molecule has 27 heavy (non-hydrogen) atoms. The Hall–Kier alpha value is -2.34. The van der Waals surface area contributed by atoms with E-state index in [4.69, 9.17) is 19.2 Å². The predicted octanol–water partition coefficient (Wildman–Crippen LogP) is 3.25. The second kappa shape index (κ2) is 7.00. The van der Waals surface area contributed by atoms with Crippen LogP contribution in [0, 0.1) is 13.8 Å². The van der Waals surface area contributed by atoms with Crippen LogP contribution in [0.5, 0.6) is 17.4 Å². The highest BCUT2D eigenvalue weighted by atomic mass is 16.6. The molecule has 0 unspecified atom stereocenters. The van der Waals surface area contributed by atoms with Crippen molar-refractivity contribution in [2.45, 2.75) is 45.8 Å². The summed E-state index contributed by atoms with van der Waals surface area (Å²) in [6.07, 6.45) is 1.16. The molecule has 2 aliphatic rings. The van der Waals surface area contributed by atoms with Crippen molar-refractivity contribution < 1.29 is 14.2 Å². The van der Waals surface area contributed by atoms with Crippen molar-refractivity contribution in [2.24, 2.45) is 0 Å². The number of pyridine rings is 2. The molecule has 2 aliphatic heterocycles. The quantitative estimate of drug-likeness (QED) is 0.825. The fraction of sp³-hybridized carbons (Fsp3) is 0.524. The van der Waals surface area contributed by atoms with Crippen molar-refractivity contribution in [1.82, 2.24) is 14.9 Å². The van der Waals surface area contributed by atoms with E-state index >= 15 is 0 Å². The zero-order valence-corrected chi connectivity index (χ0v) is 16.5. The highest BCUT2D eigenvalue weighted by Gasteiger charge is 2.37. The van der Waals surface area contributed by atoms with Crippen molar-refractivity contribution in [1.29, 1.82) is 0 Å². The first-order valence-electron chi connectivity index (χ1n) is 9.56. The van der Waals surface area contributed by atoms with Crippen molar-refractivity contribution in [2.75, 3.05) is 26.3 Å². The highest BCUT2D eigenvalue weighted by molar-refractivity contribution is 5.37. The van der Waals surface area contributed by atoms with E-state index in [0.717, 1.165) is 48.1 Å². The Morgan fingerprint density at radius 1 is 1.07 bits per heavy atom. The molecule has 1 saturated heterocycles. The molecule has 144 valence electrons. The number of nitrogens with zero attached hydrogens (tertiary/aromatic N) is 3. The van der Waals surface area contributed by atoms with Crippen molar-refractivity contribution in [3.8, 4) is 17.4 Å². The highest BCUT2D eigenvalue weighted by Crippen LogP contribution is 2.35. The lowest BCUT2D eigenvalue weighted by atomic mass is 9.97. The molecule has 0 saturated carbocycles. The van der Waals surface area contributed by atoms with E-state index in [-0.39, 0.29) is 11.6 Å². The van der Waals surface area contributed by atoms with Gasteiger partial charge in [-0.3, -0.25) is 9.88 Å². The molecule has 6 heteroatoms. The van der Waals surface area contributed by atoms with Gasteiger partial charge in [-0.15, -0.1) is 0 Å². The van der Waals surface area contributed by atoms with Crippen LogP contribution in [0.15, 0.2) is 24.3 Å². The van der Waals surface area contributed by atoms with Crippen molar-refractivity contribution >= 4 is 0 Å². The van der Waals surface area contributed by atoms with Gasteiger partial charge in [-0.1, -0.05) is 0 Å². The molecule has 0 N–H and O–H groups in total. The van der Waals surface area contributed by atoms with Gasteiger partial charge in [0, 0.05) is 36.6 Å². The average molecular weight is 369 g/mol. The summed E-state index contributed by atoms with van der Waals surface area (Å²) in [5, 5.41) is 0. The number of ether oxygens (including phenoxy) is 3. The maximum atomic E-state index is 6.24. The Bertz CT molecular complexity index is 817. The molecule has 4 heterocycles. The molecule has 0 radical (unpaired) electrons. The fourth-order valence-corrected chi connectivity index (χ4v) is 3.82. The third-order valence-electron chi connectivity index (χ3n) is 5.33. The smallest absolute Gasteiger partial charge is 0.257 e. The van der Waals surface area contributed by atoms with Crippen LogP contribution in [0.3, 0.4) is 0 Å². The lowest BCUT2D eigenvalue weighted by Crippen LogP contribution is -2.41. The number of aromatic nitrogens is 2. The number of hydrogen-bond acceptors (Lipinski definition) is 6. The zero-order valence-electron chi connectivity index (χ0n) is 16.5. The van der Waals surface area contributed by atoms with Crippen LogP contribution in [0.25, 0.3) is 0 Å². The minimum absolute atomic E-state index is 0.169. The molecule has 0 amide bonds. The minimum Gasteiger partial charge on any atom is -0.489 e. The van der Waals surface area contributed by atoms with Gasteiger partial charge in [0.2, 0.25) is 0 Å². The number of fused-ring (bicyclic) bond motifs is 1. The van der Waals surface area contributed by atoms with Gasteiger partial charge in [0.15, 0.2) is 5.75 Å². The van der Waals surface area contributed by atoms with E-state index in [9.17, 15) is 0 Å². The summed E-state index contributed by atoms with van der Waals surface area (Å²) in [7, 11) is 0. The number of hydrogen-bond donors (Lipinski definition) is 0. The van der Waals surface area contributed by atoms with E-state index in [0.29, 0.717) is 19.1 Å². The van der Waals surface area contributed by atoms with Crippen LogP contribution in [0.4, 0.5) is 0 Å². The SMILES string of the molecule is Cc1cc(O[C@@H]2CCN(C(C)(C)c3ccc4c(n3)OCCO4)C2)cc(C)n1. The Morgan fingerprint density at radius 3 is 2.59 bits per heavy atom. The van der Waals surface area contributed by atoms with E-state index in [1.165, 1.54) is 0 Å². The molecule has 1 atom stereocenters. The molecule has 4 rings (SSSR count). The molecule has 0 spiro atoms. The molecular formula is C21H27N3O3. The van der Waals surface area contributed by atoms with Crippen LogP contribution in [-0.2, 0) is 5.54 Å². The van der Waals surface area contributed by atoms with Crippen LogP contribution in [0.1, 0.15) is 37.4 Å². The van der Waals surface area contributed by atoms with Gasteiger partial charge in [-0.05, 0) is 46.2 Å². The van der Waals surface area contributed by atoms with Crippen LogP contribution >= 0.6 is 0 Å². The average Bonchev–Trinajstić information content (AvgIpc) is 3.09. The van der Waals surface area contributed by atoms with Crippen molar-refractivity contribution in [3.05, 3.63) is 41.3 Å². The Balaban J connectivity index is 1.47. The molecule has 6 nitrogen and oxygen atoms in total. The van der Waals surface area contributed by atoms with Gasteiger partial charge in [0.1, 0.15) is 25.1 Å².